The second kappa shape index (κ2) is 5.51. The van der Waals surface area contributed by atoms with Crippen molar-refractivity contribution in [3.05, 3.63) is 35.9 Å². The predicted molar refractivity (Wildman–Crippen MR) is 60.3 cm³/mol. The van der Waals surface area contributed by atoms with E-state index in [1.54, 1.807) is 6.92 Å². The summed E-state index contributed by atoms with van der Waals surface area (Å²) in [5.74, 6) is 0. The normalized spacial score (nSPS) is 13.4. The van der Waals surface area contributed by atoms with Crippen molar-refractivity contribution in [3.63, 3.8) is 0 Å². The number of hydrogen-bond acceptors (Lipinski definition) is 2. The molecule has 0 bridgehead atoms. The monoisotopic (exact) mass is 225 g/mol. The van der Waals surface area contributed by atoms with Gasteiger partial charge >= 0.3 is 6.09 Å². The number of amides is 1. The van der Waals surface area contributed by atoms with Gasteiger partial charge in [-0.15, -0.1) is 0 Å². The highest BCUT2D eigenvalue weighted by atomic mass is 35.5. The molecule has 0 fully saturated rings. The number of ether oxygens (including phenoxy) is 1. The SMILES string of the molecule is CC(Cl)=NC(=O)OC(C)c1ccccc1. The van der Waals surface area contributed by atoms with Gasteiger partial charge in [-0.25, -0.2) is 4.79 Å². The molecule has 15 heavy (non-hydrogen) atoms. The maximum Gasteiger partial charge on any atom is 0.435 e. The first-order valence-corrected chi connectivity index (χ1v) is 4.93. The summed E-state index contributed by atoms with van der Waals surface area (Å²) in [6, 6.07) is 9.44. The Hall–Kier alpha value is -1.35. The van der Waals surface area contributed by atoms with E-state index in [-0.39, 0.29) is 11.3 Å². The topological polar surface area (TPSA) is 38.7 Å². The van der Waals surface area contributed by atoms with Gasteiger partial charge in [0.25, 0.3) is 0 Å². The molecule has 0 aromatic heterocycles. The van der Waals surface area contributed by atoms with Crippen molar-refractivity contribution < 1.29 is 9.53 Å². The lowest BCUT2D eigenvalue weighted by atomic mass is 10.1. The maximum atomic E-state index is 11.1. The Morgan fingerprint density at radius 3 is 2.53 bits per heavy atom. The Morgan fingerprint density at radius 1 is 1.40 bits per heavy atom. The van der Waals surface area contributed by atoms with Crippen LogP contribution in [0.3, 0.4) is 0 Å². The van der Waals surface area contributed by atoms with Crippen molar-refractivity contribution in [2.24, 2.45) is 4.99 Å². The number of benzene rings is 1. The smallest absolute Gasteiger partial charge is 0.435 e. The fourth-order valence-corrected chi connectivity index (χ4v) is 1.16. The van der Waals surface area contributed by atoms with Gasteiger partial charge in [0.15, 0.2) is 0 Å². The van der Waals surface area contributed by atoms with Crippen LogP contribution in [0.15, 0.2) is 35.3 Å². The fraction of sp³-hybridized carbons (Fsp3) is 0.273. The van der Waals surface area contributed by atoms with Gasteiger partial charge in [-0.05, 0) is 19.4 Å². The van der Waals surface area contributed by atoms with Crippen LogP contribution >= 0.6 is 11.6 Å². The van der Waals surface area contributed by atoms with Crippen molar-refractivity contribution in [1.29, 1.82) is 0 Å². The molecule has 0 radical (unpaired) electrons. The van der Waals surface area contributed by atoms with E-state index in [2.05, 4.69) is 4.99 Å². The lowest BCUT2D eigenvalue weighted by Crippen LogP contribution is -2.05. The van der Waals surface area contributed by atoms with Crippen LogP contribution in [0, 0.1) is 0 Å². The molecule has 0 N–H and O–H groups in total. The van der Waals surface area contributed by atoms with Crippen molar-refractivity contribution in [2.45, 2.75) is 20.0 Å². The van der Waals surface area contributed by atoms with E-state index in [4.69, 9.17) is 16.3 Å². The van der Waals surface area contributed by atoms with Gasteiger partial charge in [0.05, 0.1) is 0 Å². The summed E-state index contributed by atoms with van der Waals surface area (Å²) in [6.45, 7) is 3.31. The third-order valence-corrected chi connectivity index (χ3v) is 1.88. The molecule has 1 aromatic carbocycles. The molecular formula is C11H12ClNO2. The summed E-state index contributed by atoms with van der Waals surface area (Å²) in [5.41, 5.74) is 0.924. The Labute approximate surface area is 93.7 Å². The lowest BCUT2D eigenvalue weighted by Gasteiger charge is -2.10. The van der Waals surface area contributed by atoms with E-state index in [9.17, 15) is 4.79 Å². The van der Waals surface area contributed by atoms with Crippen LogP contribution in [0.1, 0.15) is 25.5 Å². The molecule has 1 rings (SSSR count). The maximum absolute atomic E-state index is 11.1. The van der Waals surface area contributed by atoms with Crippen LogP contribution in [0.5, 0.6) is 0 Å². The number of hydrogen-bond donors (Lipinski definition) is 0. The zero-order valence-corrected chi connectivity index (χ0v) is 9.36. The fourth-order valence-electron chi connectivity index (χ4n) is 1.10. The highest BCUT2D eigenvalue weighted by Gasteiger charge is 2.09. The Balaban J connectivity index is 2.61. The molecule has 1 aromatic rings. The summed E-state index contributed by atoms with van der Waals surface area (Å²) in [4.78, 5) is 14.6. The zero-order valence-electron chi connectivity index (χ0n) is 8.61. The number of rotatable bonds is 2. The minimum absolute atomic E-state index is 0.167. The standard InChI is InChI=1S/C11H12ClNO2/c1-8(10-6-4-3-5-7-10)15-11(14)13-9(2)12/h3-8H,1-2H3. The number of carbonyl (C=O) groups excluding carboxylic acids is 1. The van der Waals surface area contributed by atoms with Gasteiger partial charge in [-0.2, -0.15) is 4.99 Å². The number of carbonyl (C=O) groups is 1. The summed E-state index contributed by atoms with van der Waals surface area (Å²) in [6.07, 6.45) is -0.989. The molecule has 0 saturated heterocycles. The molecule has 1 amide bonds. The van der Waals surface area contributed by atoms with E-state index in [1.165, 1.54) is 6.92 Å². The second-order valence-electron chi connectivity index (χ2n) is 3.05. The first-order valence-electron chi connectivity index (χ1n) is 4.56. The van der Waals surface area contributed by atoms with Crippen LogP contribution < -0.4 is 0 Å². The molecule has 1 atom stereocenters. The number of halogens is 1. The second-order valence-corrected chi connectivity index (χ2v) is 3.59. The summed E-state index contributed by atoms with van der Waals surface area (Å²) < 4.78 is 5.04. The van der Waals surface area contributed by atoms with E-state index >= 15 is 0 Å². The first kappa shape index (κ1) is 11.7. The molecule has 0 aliphatic carbocycles. The molecule has 3 nitrogen and oxygen atoms in total. The number of aliphatic imine (C=N–C) groups is 1. The van der Waals surface area contributed by atoms with Crippen LogP contribution in [0.4, 0.5) is 4.79 Å². The minimum Gasteiger partial charge on any atom is -0.440 e. The van der Waals surface area contributed by atoms with Gasteiger partial charge in [0.2, 0.25) is 0 Å². The first-order chi connectivity index (χ1) is 7.09. The Kier molecular flexibility index (Phi) is 4.31. The van der Waals surface area contributed by atoms with Crippen LogP contribution in [0.2, 0.25) is 0 Å². The summed E-state index contributed by atoms with van der Waals surface area (Å²) in [7, 11) is 0. The van der Waals surface area contributed by atoms with Gasteiger partial charge in [-0.3, -0.25) is 0 Å². The molecule has 0 aliphatic rings. The molecule has 0 heterocycles. The highest BCUT2D eigenvalue weighted by molar-refractivity contribution is 6.65. The van der Waals surface area contributed by atoms with Gasteiger partial charge in [0.1, 0.15) is 11.3 Å². The largest absolute Gasteiger partial charge is 0.440 e. The molecule has 0 saturated carbocycles. The van der Waals surface area contributed by atoms with Gasteiger partial charge in [-0.1, -0.05) is 41.9 Å². The van der Waals surface area contributed by atoms with E-state index in [0.717, 1.165) is 5.56 Å². The molecule has 4 heteroatoms. The van der Waals surface area contributed by atoms with E-state index < -0.39 is 6.09 Å². The van der Waals surface area contributed by atoms with Crippen molar-refractivity contribution >= 4 is 22.9 Å². The number of nitrogens with zero attached hydrogens (tertiary/aromatic N) is 1. The molecular weight excluding hydrogens is 214 g/mol. The van der Waals surface area contributed by atoms with Crippen LogP contribution in [0.25, 0.3) is 0 Å². The Morgan fingerprint density at radius 2 is 2.00 bits per heavy atom. The third-order valence-electron chi connectivity index (χ3n) is 1.79. The van der Waals surface area contributed by atoms with E-state index in [1.807, 2.05) is 30.3 Å². The molecule has 0 aliphatic heterocycles. The third kappa shape index (κ3) is 4.13. The lowest BCUT2D eigenvalue weighted by molar-refractivity contribution is 0.117. The summed E-state index contributed by atoms with van der Waals surface area (Å²) in [5, 5.41) is 0.167. The average molecular weight is 226 g/mol. The quantitative estimate of drug-likeness (QED) is 0.722. The Bertz CT molecular complexity index is 358. The van der Waals surface area contributed by atoms with Crippen molar-refractivity contribution in [2.75, 3.05) is 0 Å². The van der Waals surface area contributed by atoms with Crippen LogP contribution in [-0.2, 0) is 4.74 Å². The van der Waals surface area contributed by atoms with E-state index in [0.29, 0.717) is 0 Å². The minimum atomic E-state index is -0.668. The molecule has 0 spiro atoms. The zero-order chi connectivity index (χ0) is 11.3. The molecule has 80 valence electrons. The predicted octanol–water partition coefficient (Wildman–Crippen LogP) is 3.54. The van der Waals surface area contributed by atoms with Gasteiger partial charge < -0.3 is 4.74 Å². The summed E-state index contributed by atoms with van der Waals surface area (Å²) >= 11 is 5.45. The van der Waals surface area contributed by atoms with Crippen molar-refractivity contribution in [3.8, 4) is 0 Å². The molecule has 1 unspecified atom stereocenters. The van der Waals surface area contributed by atoms with Crippen LogP contribution in [-0.4, -0.2) is 11.3 Å². The van der Waals surface area contributed by atoms with Gasteiger partial charge in [0, 0.05) is 0 Å². The average Bonchev–Trinajstić information content (AvgIpc) is 2.17. The highest BCUT2D eigenvalue weighted by Crippen LogP contribution is 2.16. The van der Waals surface area contributed by atoms with Crippen molar-refractivity contribution in [1.82, 2.24) is 0 Å².